The van der Waals surface area contributed by atoms with Gasteiger partial charge in [0.25, 0.3) is 12.4 Å². The molecule has 20 nitrogen and oxygen atoms in total. The van der Waals surface area contributed by atoms with Gasteiger partial charge in [0.05, 0.1) is 89.6 Å². The molecule has 1 amide bonds. The van der Waals surface area contributed by atoms with E-state index in [2.05, 4.69) is 50.5 Å². The fraction of sp³-hybridized carbons (Fsp3) is 0.237. The molecule has 0 radical (unpaired) electrons. The van der Waals surface area contributed by atoms with Crippen LogP contribution in [0.15, 0.2) is 122 Å². The number of aryl methyl sites for hydroxylation is 4. The molecule has 0 unspecified atom stereocenters. The second-order valence-electron chi connectivity index (χ2n) is 17.5. The smallest absolute Gasteiger partial charge is 1.00 e. The first-order chi connectivity index (χ1) is 40.3. The summed E-state index contributed by atoms with van der Waals surface area (Å²) in [5.41, 5.74) is 16.9. The molecule has 10 aromatic rings. The topological polar surface area (TPSA) is 273 Å². The van der Waals surface area contributed by atoms with Gasteiger partial charge in [0.1, 0.15) is 16.9 Å². The van der Waals surface area contributed by atoms with Crippen LogP contribution in [0.1, 0.15) is 100 Å². The van der Waals surface area contributed by atoms with Crippen LogP contribution in [0.3, 0.4) is 0 Å². The van der Waals surface area contributed by atoms with Crippen molar-refractivity contribution in [2.24, 2.45) is 0 Å². The van der Waals surface area contributed by atoms with Crippen LogP contribution in [0.2, 0.25) is 15.1 Å². The summed E-state index contributed by atoms with van der Waals surface area (Å²) < 4.78 is 28.8. The number of alkyl halides is 2. The number of nitrogens with two attached hydrogens (primary N) is 1. The molecule has 27 heteroatoms. The summed E-state index contributed by atoms with van der Waals surface area (Å²) in [4.78, 5) is 63.8. The van der Waals surface area contributed by atoms with Crippen LogP contribution in [-0.2, 0) is 44.7 Å². The predicted molar refractivity (Wildman–Crippen MR) is 324 cm³/mol. The number of nitrogens with zero attached hydrogens (tertiary/aromatic N) is 9. The molecule has 444 valence electrons. The number of halogens is 5. The Morgan fingerprint density at radius 2 is 1.13 bits per heavy atom. The van der Waals surface area contributed by atoms with E-state index in [0.29, 0.717) is 87.7 Å². The minimum Gasteiger partial charge on any atom is -1.00 e. The van der Waals surface area contributed by atoms with Crippen LogP contribution in [0.4, 0.5) is 10.2 Å². The summed E-state index contributed by atoms with van der Waals surface area (Å²) in [6.45, 7) is 12.9. The second-order valence-corrected chi connectivity index (χ2v) is 19.1. The van der Waals surface area contributed by atoms with E-state index >= 15 is 0 Å². The van der Waals surface area contributed by atoms with Crippen molar-refractivity contribution in [3.63, 3.8) is 0 Å². The van der Waals surface area contributed by atoms with Crippen molar-refractivity contribution in [1.82, 2.24) is 55.0 Å². The molecule has 0 bridgehead atoms. The average molecular weight is 1310 g/mol. The Hall–Kier alpha value is -5.33. The number of hydrogen-bond donors (Lipinski definition) is 3. The van der Waals surface area contributed by atoms with E-state index in [0.717, 1.165) is 66.4 Å². The van der Waals surface area contributed by atoms with Crippen molar-refractivity contribution in [3.05, 3.63) is 199 Å². The monoisotopic (exact) mass is 1310 g/mol. The van der Waals surface area contributed by atoms with Gasteiger partial charge in [0, 0.05) is 71.0 Å². The number of nitrogen functional groups attached to an aromatic ring is 1. The predicted octanol–water partition coefficient (Wildman–Crippen LogP) is 5.57. The Morgan fingerprint density at radius 1 is 0.698 bits per heavy atom. The maximum atomic E-state index is 12.7. The van der Waals surface area contributed by atoms with Crippen molar-refractivity contribution in [2.75, 3.05) is 26.1 Å². The maximum absolute atomic E-state index is 12.7. The first-order valence-electron chi connectivity index (χ1n) is 25.7. The zero-order chi connectivity index (χ0) is 61.3. The number of pyridine rings is 4. The van der Waals surface area contributed by atoms with Crippen molar-refractivity contribution in [1.29, 1.82) is 0 Å². The zero-order valence-corrected chi connectivity index (χ0v) is 57.1. The first kappa shape index (κ1) is 74.9. The van der Waals surface area contributed by atoms with Crippen LogP contribution in [0.5, 0.6) is 0 Å². The zero-order valence-electron chi connectivity index (χ0n) is 49.8. The van der Waals surface area contributed by atoms with Gasteiger partial charge < -0.3 is 32.1 Å². The van der Waals surface area contributed by atoms with E-state index < -0.39 is 7.15 Å². The molecule has 0 spiro atoms. The molecule has 7 aromatic heterocycles. The third-order valence-corrected chi connectivity index (χ3v) is 12.6. The van der Waals surface area contributed by atoms with Gasteiger partial charge in [-0.05, 0) is 124 Å². The molecule has 3 aromatic carbocycles. The SMILES string of the molecule is C.CCOC(=O)c1cn(Cc2ccc3ncc(Cl)cc3c2)nc1C.CCOC(=O)c1cn[nH]c1C.Cc1nc(N)ccc1CNC(=O)c1cn(Cc2ccc3ncc(Cl)cc3c2)nc1C.ClCc1ccc2ncc(Cl)cc2c1.O=CO[O-].[2H]CF.[H-].[K+].[K+]. The molecule has 0 saturated heterocycles. The first-order valence-corrected chi connectivity index (χ1v) is 26.7. The molecule has 0 aliphatic rings. The van der Waals surface area contributed by atoms with Gasteiger partial charge in [-0.2, -0.15) is 15.3 Å². The van der Waals surface area contributed by atoms with E-state index in [9.17, 15) is 18.8 Å². The second kappa shape index (κ2) is 39.5. The number of nitrogens with one attached hydrogen (secondary N) is 2. The molecule has 86 heavy (non-hydrogen) atoms. The molecular weight excluding hydrogens is 1240 g/mol. The number of anilines is 1. The van der Waals surface area contributed by atoms with Crippen LogP contribution in [0.25, 0.3) is 32.7 Å². The van der Waals surface area contributed by atoms with E-state index in [4.69, 9.17) is 73.0 Å². The number of rotatable bonds is 13. The van der Waals surface area contributed by atoms with Gasteiger partial charge in [-0.15, -0.1) is 11.6 Å². The Balaban J connectivity index is 0.000000591. The van der Waals surface area contributed by atoms with Crippen molar-refractivity contribution in [2.45, 2.75) is 74.5 Å². The van der Waals surface area contributed by atoms with Crippen LogP contribution < -0.4 is 119 Å². The third-order valence-electron chi connectivity index (χ3n) is 11.6. The number of benzene rings is 3. The van der Waals surface area contributed by atoms with E-state index in [1.54, 1.807) is 74.1 Å². The Labute approximate surface area is 605 Å². The summed E-state index contributed by atoms with van der Waals surface area (Å²) in [5, 5.41) is 31.4. The van der Waals surface area contributed by atoms with Gasteiger partial charge in [-0.1, -0.05) is 66.5 Å². The van der Waals surface area contributed by atoms with Gasteiger partial charge >= 0.3 is 115 Å². The summed E-state index contributed by atoms with van der Waals surface area (Å²) in [7, 11) is -1.00. The van der Waals surface area contributed by atoms with E-state index in [-0.39, 0.29) is 136 Å². The Kier molecular flexibility index (Phi) is 34.4. The molecule has 0 aliphatic heterocycles. The number of H-pyrrole nitrogens is 1. The number of fused-ring (bicyclic) bond motifs is 3. The van der Waals surface area contributed by atoms with Gasteiger partial charge in [0.15, 0.2) is 0 Å². The quantitative estimate of drug-likeness (QED) is 0.0318. The standard InChI is InChI=1S/C22H21ClN6O.C17H16ClN3O2.C10H7Cl2N.C7H10N2O2.CH3F.CH2O3.CH4.2K.H/c1-13-16(4-6-21(24)27-13)9-26-22(30)19-12-29(28-14(19)2)11-15-3-5-20-17(7-15)8-18(23)10-25-20;1-3-23-17(22)15-10-21(20-11(15)2)9-12-4-5-16-13(6-12)7-14(18)8-19-16;11-5-7-1-2-10-8(3-7)4-9(12)6-13-10;1-3-11-7(10)6-4-8-9-5(6)2;1-2;2-1-4-3;;;;/h3-8,10,12H,9,11H2,1-2H3,(H2,24,27)(H,26,30);4-8,10H,3,9H2,1-2H3;1-4,6H,5H2;4H,3H2,1-2H3,(H,8,9);1H3;1,3H;1H4;;;/q;;;;;;;2*+1;-1/p-1/i;;;;1D;;;;;. The summed E-state index contributed by atoms with van der Waals surface area (Å²) in [5.74, 6) is 0.142. The fourth-order valence-corrected chi connectivity index (χ4v) is 8.44. The molecule has 10 rings (SSSR count). The van der Waals surface area contributed by atoms with E-state index in [1.807, 2.05) is 92.7 Å². The Morgan fingerprint density at radius 3 is 1.55 bits per heavy atom. The molecular formula is C59H63Cl4FK2N12O8. The molecule has 0 fully saturated rings. The number of aromatic amines is 1. The molecule has 0 atom stereocenters. The summed E-state index contributed by atoms with van der Waals surface area (Å²) in [6, 6.07) is 27.1. The number of carbonyl (C=O) groups is 4. The van der Waals surface area contributed by atoms with Gasteiger partial charge in [0.2, 0.25) is 0 Å². The molecule has 4 N–H and O–H groups in total. The van der Waals surface area contributed by atoms with Crippen molar-refractivity contribution < 1.29 is 149 Å². The minimum atomic E-state index is -1.00. The summed E-state index contributed by atoms with van der Waals surface area (Å²) >= 11 is 23.6. The average Bonchev–Trinajstić information content (AvgIpc) is 3.29. The Bertz CT molecular complexity index is 3850. The van der Waals surface area contributed by atoms with Crippen molar-refractivity contribution >= 4 is 109 Å². The van der Waals surface area contributed by atoms with Crippen LogP contribution in [0, 0.1) is 27.7 Å². The van der Waals surface area contributed by atoms with E-state index in [1.165, 1.54) is 6.20 Å². The van der Waals surface area contributed by atoms with Crippen LogP contribution >= 0.6 is 46.4 Å². The summed E-state index contributed by atoms with van der Waals surface area (Å²) in [6.07, 6.45) is 9.85. The van der Waals surface area contributed by atoms with Crippen LogP contribution in [-0.4, -0.2) is 94.4 Å². The third kappa shape index (κ3) is 23.6. The fourth-order valence-electron chi connectivity index (χ4n) is 7.78. The molecule has 0 aliphatic carbocycles. The number of hydrogen-bond acceptors (Lipinski definition) is 16. The number of carbonyl (C=O) groups excluding carboxylic acids is 4. The number of aromatic nitrogens is 10. The van der Waals surface area contributed by atoms with Crippen molar-refractivity contribution in [3.8, 4) is 0 Å². The minimum absolute atomic E-state index is 0. The van der Waals surface area contributed by atoms with Gasteiger partial charge in [-0.25, -0.2) is 14.6 Å². The van der Waals surface area contributed by atoms with Gasteiger partial charge in [-0.3, -0.25) is 43.4 Å². The maximum Gasteiger partial charge on any atom is 1.00 e. The normalized spacial score (nSPS) is 10.1. The number of ether oxygens (including phenoxy) is 2. The molecule has 7 heterocycles. The largest absolute Gasteiger partial charge is 1.00 e. The number of esters is 2. The molecule has 0 saturated carbocycles. The number of amides is 1.